The van der Waals surface area contributed by atoms with Crippen LogP contribution in [-0.2, 0) is 13.6 Å². The second-order valence-corrected chi connectivity index (χ2v) is 5.40. The molecule has 0 atom stereocenters. The Morgan fingerprint density at radius 1 is 1.26 bits per heavy atom. The maximum atomic E-state index is 12.3. The number of carbonyl (C=O) groups excluding carboxylic acids is 2. The highest BCUT2D eigenvalue weighted by molar-refractivity contribution is 14.1. The minimum atomic E-state index is -0.274. The Morgan fingerprint density at radius 3 is 2.68 bits per heavy atom. The predicted molar refractivity (Wildman–Crippen MR) is 74.4 cm³/mol. The van der Waals surface area contributed by atoms with Crippen molar-refractivity contribution in [3.05, 3.63) is 44.8 Å². The normalized spacial score (nSPS) is 14.1. The monoisotopic (exact) mass is 368 g/mol. The van der Waals surface area contributed by atoms with E-state index >= 15 is 0 Å². The first-order chi connectivity index (χ1) is 9.08. The van der Waals surface area contributed by atoms with E-state index in [4.69, 9.17) is 0 Å². The van der Waals surface area contributed by atoms with E-state index in [1.54, 1.807) is 25.4 Å². The van der Waals surface area contributed by atoms with Crippen molar-refractivity contribution in [2.75, 3.05) is 0 Å². The molecule has 0 unspecified atom stereocenters. The van der Waals surface area contributed by atoms with Crippen molar-refractivity contribution in [1.82, 2.24) is 19.9 Å². The van der Waals surface area contributed by atoms with Gasteiger partial charge in [0.25, 0.3) is 11.8 Å². The first-order valence-corrected chi connectivity index (χ1v) is 6.65. The summed E-state index contributed by atoms with van der Waals surface area (Å²) in [5.41, 5.74) is 1.53. The Bertz CT molecular complexity index is 695. The smallest absolute Gasteiger partial charge is 0.262 e. The van der Waals surface area contributed by atoms with Crippen LogP contribution in [0.3, 0.4) is 0 Å². The third-order valence-corrected chi connectivity index (χ3v) is 3.82. The van der Waals surface area contributed by atoms with Gasteiger partial charge in [-0.05, 0) is 34.7 Å². The van der Waals surface area contributed by atoms with Crippen LogP contribution < -0.4 is 0 Å². The number of nitrogens with zero attached hydrogens (tertiary/aromatic N) is 4. The first kappa shape index (κ1) is 12.3. The van der Waals surface area contributed by atoms with Gasteiger partial charge in [-0.15, -0.1) is 5.10 Å². The molecule has 0 fully saturated rings. The maximum absolute atomic E-state index is 12.3. The van der Waals surface area contributed by atoms with Crippen molar-refractivity contribution in [2.45, 2.75) is 6.54 Å². The summed E-state index contributed by atoms with van der Waals surface area (Å²) in [6, 6.07) is 5.27. The van der Waals surface area contributed by atoms with Gasteiger partial charge in [0.15, 0.2) is 0 Å². The molecule has 2 heterocycles. The summed E-state index contributed by atoms with van der Waals surface area (Å²) in [5.74, 6) is -0.542. The molecule has 1 aliphatic heterocycles. The van der Waals surface area contributed by atoms with Gasteiger partial charge in [0, 0.05) is 16.8 Å². The fourth-order valence-electron chi connectivity index (χ4n) is 2.07. The Labute approximate surface area is 122 Å². The average Bonchev–Trinajstić information content (AvgIpc) is 2.88. The quantitative estimate of drug-likeness (QED) is 0.591. The van der Waals surface area contributed by atoms with E-state index in [1.807, 2.05) is 6.07 Å². The second kappa shape index (κ2) is 4.41. The third-order valence-electron chi connectivity index (χ3n) is 2.92. The SMILES string of the molecule is Cn1cc(CN2C(=O)c3cccc(I)c3C2=O)nn1. The minimum Gasteiger partial charge on any atom is -0.269 e. The van der Waals surface area contributed by atoms with E-state index in [-0.39, 0.29) is 18.4 Å². The highest BCUT2D eigenvalue weighted by Crippen LogP contribution is 2.27. The van der Waals surface area contributed by atoms with Crippen molar-refractivity contribution in [2.24, 2.45) is 7.05 Å². The molecule has 0 saturated heterocycles. The number of aryl methyl sites for hydroxylation is 1. The van der Waals surface area contributed by atoms with Crippen LogP contribution in [0, 0.1) is 3.57 Å². The number of imide groups is 1. The molecule has 1 aliphatic rings. The van der Waals surface area contributed by atoms with Gasteiger partial charge in [0.2, 0.25) is 0 Å². The summed E-state index contributed by atoms with van der Waals surface area (Å²) in [7, 11) is 1.74. The summed E-state index contributed by atoms with van der Waals surface area (Å²) < 4.78 is 2.33. The van der Waals surface area contributed by atoms with Crippen LogP contribution in [0.1, 0.15) is 26.4 Å². The topological polar surface area (TPSA) is 68.1 Å². The molecule has 2 amide bonds. The van der Waals surface area contributed by atoms with E-state index in [9.17, 15) is 9.59 Å². The fraction of sp³-hybridized carbons (Fsp3) is 0.167. The van der Waals surface area contributed by atoms with E-state index in [0.29, 0.717) is 16.8 Å². The van der Waals surface area contributed by atoms with Crippen molar-refractivity contribution in [3.8, 4) is 0 Å². The highest BCUT2D eigenvalue weighted by atomic mass is 127. The Kier molecular flexibility index (Phi) is 2.85. The molecule has 0 bridgehead atoms. The summed E-state index contributed by atoms with van der Waals surface area (Å²) in [5, 5.41) is 7.69. The van der Waals surface area contributed by atoms with Crippen molar-refractivity contribution in [1.29, 1.82) is 0 Å². The Morgan fingerprint density at radius 2 is 2.05 bits per heavy atom. The lowest BCUT2D eigenvalue weighted by Crippen LogP contribution is -2.29. The lowest BCUT2D eigenvalue weighted by molar-refractivity contribution is 0.0640. The van der Waals surface area contributed by atoms with Crippen molar-refractivity contribution in [3.63, 3.8) is 0 Å². The van der Waals surface area contributed by atoms with Gasteiger partial charge in [0.05, 0.1) is 17.7 Å². The number of rotatable bonds is 2. The molecule has 0 aliphatic carbocycles. The molecule has 0 N–H and O–H groups in total. The molecule has 0 saturated carbocycles. The third kappa shape index (κ3) is 1.93. The van der Waals surface area contributed by atoms with Gasteiger partial charge in [0.1, 0.15) is 5.69 Å². The van der Waals surface area contributed by atoms with Gasteiger partial charge in [-0.25, -0.2) is 0 Å². The molecule has 1 aromatic heterocycles. The number of fused-ring (bicyclic) bond motifs is 1. The molecule has 0 spiro atoms. The molecule has 0 radical (unpaired) electrons. The minimum absolute atomic E-state index is 0.149. The second-order valence-electron chi connectivity index (χ2n) is 4.24. The molecule has 7 heteroatoms. The van der Waals surface area contributed by atoms with Gasteiger partial charge in [-0.2, -0.15) is 0 Å². The summed E-state index contributed by atoms with van der Waals surface area (Å²) in [6.07, 6.45) is 1.69. The summed E-state index contributed by atoms with van der Waals surface area (Å²) >= 11 is 2.06. The summed E-state index contributed by atoms with van der Waals surface area (Å²) in [6.45, 7) is 0.149. The highest BCUT2D eigenvalue weighted by Gasteiger charge is 2.37. The zero-order valence-electron chi connectivity index (χ0n) is 10.00. The average molecular weight is 368 g/mol. The largest absolute Gasteiger partial charge is 0.269 e. The molecule has 2 aromatic rings. The van der Waals surface area contributed by atoms with Crippen LogP contribution in [0.2, 0.25) is 0 Å². The van der Waals surface area contributed by atoms with Crippen LogP contribution in [0.25, 0.3) is 0 Å². The Balaban J connectivity index is 1.97. The van der Waals surface area contributed by atoms with Crippen molar-refractivity contribution >= 4 is 34.4 Å². The number of hydrogen-bond acceptors (Lipinski definition) is 4. The van der Waals surface area contributed by atoms with Crippen LogP contribution in [0.4, 0.5) is 0 Å². The molecule has 3 rings (SSSR count). The van der Waals surface area contributed by atoms with Crippen LogP contribution >= 0.6 is 22.6 Å². The van der Waals surface area contributed by atoms with Crippen LogP contribution in [0.15, 0.2) is 24.4 Å². The van der Waals surface area contributed by atoms with E-state index in [2.05, 4.69) is 32.9 Å². The number of benzene rings is 1. The molecule has 96 valence electrons. The predicted octanol–water partition coefficient (Wildman–Crippen LogP) is 1.22. The summed E-state index contributed by atoms with van der Waals surface area (Å²) in [4.78, 5) is 25.7. The number of carbonyl (C=O) groups is 2. The van der Waals surface area contributed by atoms with E-state index in [0.717, 1.165) is 3.57 Å². The number of aromatic nitrogens is 3. The molecule has 19 heavy (non-hydrogen) atoms. The van der Waals surface area contributed by atoms with E-state index < -0.39 is 0 Å². The first-order valence-electron chi connectivity index (χ1n) is 5.58. The lowest BCUT2D eigenvalue weighted by Gasteiger charge is -2.11. The van der Waals surface area contributed by atoms with Crippen LogP contribution in [0.5, 0.6) is 0 Å². The standard InChI is InChI=1S/C12H9IN4O2/c1-16-5-7(14-15-16)6-17-11(18)8-3-2-4-9(13)10(8)12(17)19/h2-5H,6H2,1H3. The zero-order valence-corrected chi connectivity index (χ0v) is 12.2. The van der Waals surface area contributed by atoms with Crippen LogP contribution in [-0.4, -0.2) is 31.7 Å². The molecule has 1 aromatic carbocycles. The Hall–Kier alpha value is -1.77. The molecular formula is C12H9IN4O2. The van der Waals surface area contributed by atoms with Gasteiger partial charge >= 0.3 is 0 Å². The zero-order chi connectivity index (χ0) is 13.6. The van der Waals surface area contributed by atoms with E-state index in [1.165, 1.54) is 9.58 Å². The number of hydrogen-bond donors (Lipinski definition) is 0. The number of amides is 2. The van der Waals surface area contributed by atoms with Crippen molar-refractivity contribution < 1.29 is 9.59 Å². The van der Waals surface area contributed by atoms with Gasteiger partial charge in [-0.3, -0.25) is 19.2 Å². The lowest BCUT2D eigenvalue weighted by atomic mass is 10.1. The fourth-order valence-corrected chi connectivity index (χ4v) is 2.79. The van der Waals surface area contributed by atoms with Gasteiger partial charge in [-0.1, -0.05) is 11.3 Å². The molecular weight excluding hydrogens is 359 g/mol. The maximum Gasteiger partial charge on any atom is 0.262 e. The number of halogens is 1. The van der Waals surface area contributed by atoms with Gasteiger partial charge < -0.3 is 0 Å². The molecule has 6 nitrogen and oxygen atoms in total.